The van der Waals surface area contributed by atoms with Crippen molar-refractivity contribution in [3.05, 3.63) is 81.8 Å². The van der Waals surface area contributed by atoms with E-state index in [1.165, 1.54) is 5.56 Å². The molecule has 0 aliphatic heterocycles. The highest BCUT2D eigenvalue weighted by Gasteiger charge is 2.27. The minimum Gasteiger partial charge on any atom is -0.337 e. The molecule has 6 heteroatoms. The van der Waals surface area contributed by atoms with Gasteiger partial charge >= 0.3 is 0 Å². The van der Waals surface area contributed by atoms with E-state index in [4.69, 9.17) is 34.8 Å². The van der Waals surface area contributed by atoms with Crippen molar-refractivity contribution in [3.63, 3.8) is 0 Å². The molecule has 1 unspecified atom stereocenters. The topological polar surface area (TPSA) is 17.8 Å². The van der Waals surface area contributed by atoms with Crippen molar-refractivity contribution in [2.45, 2.75) is 36.0 Å². The van der Waals surface area contributed by atoms with Gasteiger partial charge in [-0.15, -0.1) is 11.8 Å². The Bertz CT molecular complexity index is 850. The standard InChI is InChI=1S/C20H19Cl3N2S/c1-20(8-10-25-11-9-24-14-25,13-15-2-4-16(21)5-3-15)26-19-12-17(22)6-7-18(19)23/h2-7,9,11-12,14H,8,10,13H2,1H3. The first-order valence-corrected chi connectivity index (χ1v) is 10.2. The summed E-state index contributed by atoms with van der Waals surface area (Å²) in [6.07, 6.45) is 7.49. The van der Waals surface area contributed by atoms with E-state index in [2.05, 4.69) is 28.6 Å². The summed E-state index contributed by atoms with van der Waals surface area (Å²) in [7, 11) is 0. The summed E-state index contributed by atoms with van der Waals surface area (Å²) < 4.78 is 2.03. The Morgan fingerprint density at radius 1 is 1.04 bits per heavy atom. The number of benzene rings is 2. The van der Waals surface area contributed by atoms with E-state index in [9.17, 15) is 0 Å². The third-order valence-electron chi connectivity index (χ3n) is 4.20. The van der Waals surface area contributed by atoms with Gasteiger partial charge in [-0.3, -0.25) is 0 Å². The van der Waals surface area contributed by atoms with Crippen molar-refractivity contribution < 1.29 is 0 Å². The maximum atomic E-state index is 6.41. The molecule has 0 saturated carbocycles. The molecule has 1 aromatic heterocycles. The second kappa shape index (κ2) is 8.71. The molecule has 3 rings (SSSR count). The number of imidazole rings is 1. The molecule has 0 radical (unpaired) electrons. The van der Waals surface area contributed by atoms with Crippen LogP contribution in [0, 0.1) is 0 Å². The van der Waals surface area contributed by atoms with E-state index in [-0.39, 0.29) is 4.75 Å². The van der Waals surface area contributed by atoms with Crippen LogP contribution in [0.25, 0.3) is 0 Å². The number of halogens is 3. The summed E-state index contributed by atoms with van der Waals surface area (Å²) >= 11 is 20.4. The molecule has 1 atom stereocenters. The monoisotopic (exact) mass is 424 g/mol. The van der Waals surface area contributed by atoms with Crippen molar-refractivity contribution in [1.29, 1.82) is 0 Å². The fourth-order valence-corrected chi connectivity index (χ4v) is 4.73. The van der Waals surface area contributed by atoms with Crippen LogP contribution in [-0.2, 0) is 13.0 Å². The van der Waals surface area contributed by atoms with E-state index < -0.39 is 0 Å². The van der Waals surface area contributed by atoms with Crippen molar-refractivity contribution in [3.8, 4) is 0 Å². The average molecular weight is 426 g/mol. The zero-order valence-electron chi connectivity index (χ0n) is 14.3. The lowest BCUT2D eigenvalue weighted by Gasteiger charge is -2.30. The summed E-state index contributed by atoms with van der Waals surface area (Å²) in [6, 6.07) is 13.6. The maximum absolute atomic E-state index is 6.41. The Labute approximate surface area is 173 Å². The van der Waals surface area contributed by atoms with Crippen LogP contribution < -0.4 is 0 Å². The molecule has 0 fully saturated rings. The molecular formula is C20H19Cl3N2S. The molecule has 0 aliphatic carbocycles. The summed E-state index contributed by atoms with van der Waals surface area (Å²) in [6.45, 7) is 3.15. The number of aryl methyl sites for hydroxylation is 1. The number of aromatic nitrogens is 2. The van der Waals surface area contributed by atoms with Crippen molar-refractivity contribution in [1.82, 2.24) is 9.55 Å². The molecule has 136 valence electrons. The highest BCUT2D eigenvalue weighted by atomic mass is 35.5. The van der Waals surface area contributed by atoms with Gasteiger partial charge in [-0.25, -0.2) is 4.98 Å². The summed E-state index contributed by atoms with van der Waals surface area (Å²) in [5.74, 6) is 0. The van der Waals surface area contributed by atoms with Crippen molar-refractivity contribution in [2.75, 3.05) is 0 Å². The second-order valence-corrected chi connectivity index (χ2v) is 9.39. The van der Waals surface area contributed by atoms with Gasteiger partial charge in [0.05, 0.1) is 11.3 Å². The predicted octanol–water partition coefficient (Wildman–Crippen LogP) is 7.03. The van der Waals surface area contributed by atoms with Crippen LogP contribution in [0.3, 0.4) is 0 Å². The van der Waals surface area contributed by atoms with Crippen LogP contribution in [0.4, 0.5) is 0 Å². The molecular weight excluding hydrogens is 407 g/mol. The van der Waals surface area contributed by atoms with E-state index in [1.54, 1.807) is 18.0 Å². The maximum Gasteiger partial charge on any atom is 0.0945 e. The van der Waals surface area contributed by atoms with Gasteiger partial charge in [0.25, 0.3) is 0 Å². The van der Waals surface area contributed by atoms with Crippen LogP contribution in [-0.4, -0.2) is 14.3 Å². The van der Waals surface area contributed by atoms with Gasteiger partial charge < -0.3 is 4.57 Å². The normalized spacial score (nSPS) is 13.5. The zero-order valence-corrected chi connectivity index (χ0v) is 17.4. The molecule has 0 spiro atoms. The molecule has 3 aromatic rings. The molecule has 2 aromatic carbocycles. The zero-order chi connectivity index (χ0) is 18.6. The minimum atomic E-state index is -0.0631. The fourth-order valence-electron chi connectivity index (χ4n) is 2.82. The Balaban J connectivity index is 1.83. The number of nitrogens with zero attached hydrogens (tertiary/aromatic N) is 2. The SMILES string of the molecule is CC(CCn1ccnc1)(Cc1ccc(Cl)cc1)Sc1cc(Cl)ccc1Cl. The molecule has 1 heterocycles. The van der Waals surface area contributed by atoms with Crippen LogP contribution in [0.15, 0.2) is 66.1 Å². The number of thioether (sulfide) groups is 1. The van der Waals surface area contributed by atoms with E-state index in [0.717, 1.165) is 34.3 Å². The summed E-state index contributed by atoms with van der Waals surface area (Å²) in [5, 5.41) is 2.17. The number of hydrogen-bond donors (Lipinski definition) is 0. The number of hydrogen-bond acceptors (Lipinski definition) is 2. The Kier molecular flexibility index (Phi) is 6.57. The van der Waals surface area contributed by atoms with Gasteiger partial charge in [0.2, 0.25) is 0 Å². The van der Waals surface area contributed by atoms with Gasteiger partial charge in [0.1, 0.15) is 0 Å². The predicted molar refractivity (Wildman–Crippen MR) is 113 cm³/mol. The molecule has 0 N–H and O–H groups in total. The van der Waals surface area contributed by atoms with E-state index in [0.29, 0.717) is 5.02 Å². The third-order valence-corrected chi connectivity index (χ3v) is 6.53. The Morgan fingerprint density at radius 2 is 1.77 bits per heavy atom. The molecule has 0 amide bonds. The van der Waals surface area contributed by atoms with Gasteiger partial charge in [0, 0.05) is 38.6 Å². The number of rotatable bonds is 7. The molecule has 0 aliphatic rings. The highest BCUT2D eigenvalue weighted by Crippen LogP contribution is 2.42. The third kappa shape index (κ3) is 5.43. The fraction of sp³-hybridized carbons (Fsp3) is 0.250. The van der Waals surface area contributed by atoms with Crippen LogP contribution in [0.5, 0.6) is 0 Å². The first kappa shape index (κ1) is 19.6. The second-order valence-electron chi connectivity index (χ2n) is 6.48. The lowest BCUT2D eigenvalue weighted by atomic mass is 9.97. The Hall–Kier alpha value is -1.13. The van der Waals surface area contributed by atoms with Crippen molar-refractivity contribution >= 4 is 46.6 Å². The van der Waals surface area contributed by atoms with Gasteiger partial charge in [-0.2, -0.15) is 0 Å². The van der Waals surface area contributed by atoms with Crippen LogP contribution in [0.1, 0.15) is 18.9 Å². The van der Waals surface area contributed by atoms with Gasteiger partial charge in [-0.1, -0.05) is 46.9 Å². The lowest BCUT2D eigenvalue weighted by molar-refractivity contribution is 0.518. The van der Waals surface area contributed by atoms with Gasteiger partial charge in [-0.05, 0) is 55.7 Å². The molecule has 2 nitrogen and oxygen atoms in total. The highest BCUT2D eigenvalue weighted by molar-refractivity contribution is 8.00. The van der Waals surface area contributed by atoms with E-state index in [1.807, 2.05) is 42.9 Å². The first-order valence-electron chi connectivity index (χ1n) is 8.28. The molecule has 0 saturated heterocycles. The first-order chi connectivity index (χ1) is 12.4. The van der Waals surface area contributed by atoms with E-state index >= 15 is 0 Å². The van der Waals surface area contributed by atoms with Gasteiger partial charge in [0.15, 0.2) is 0 Å². The lowest BCUT2D eigenvalue weighted by Crippen LogP contribution is -2.25. The summed E-state index contributed by atoms with van der Waals surface area (Å²) in [4.78, 5) is 5.13. The largest absolute Gasteiger partial charge is 0.337 e. The van der Waals surface area contributed by atoms with Crippen LogP contribution >= 0.6 is 46.6 Å². The smallest absolute Gasteiger partial charge is 0.0945 e. The quantitative estimate of drug-likeness (QED) is 0.378. The molecule has 0 bridgehead atoms. The molecule has 26 heavy (non-hydrogen) atoms. The Morgan fingerprint density at radius 3 is 2.46 bits per heavy atom. The average Bonchev–Trinajstić information content (AvgIpc) is 3.12. The minimum absolute atomic E-state index is 0.0631. The van der Waals surface area contributed by atoms with Crippen molar-refractivity contribution in [2.24, 2.45) is 0 Å². The summed E-state index contributed by atoms with van der Waals surface area (Å²) in [5.41, 5.74) is 1.24. The van der Waals surface area contributed by atoms with Crippen LogP contribution in [0.2, 0.25) is 15.1 Å².